The molecule has 7 aromatic carbocycles. The van der Waals surface area contributed by atoms with Crippen LogP contribution >= 0.6 is 0 Å². The van der Waals surface area contributed by atoms with Crippen molar-refractivity contribution < 1.29 is 0 Å². The Morgan fingerprint density at radius 3 is 1.93 bits per heavy atom. The molecule has 0 N–H and O–H groups in total. The van der Waals surface area contributed by atoms with Crippen molar-refractivity contribution in [2.24, 2.45) is 0 Å². The number of aromatic nitrogens is 3. The fourth-order valence-electron chi connectivity index (χ4n) is 7.39. The van der Waals surface area contributed by atoms with Crippen LogP contribution in [0.2, 0.25) is 0 Å². The standard InChI is InChI=1S/C42H25N3/c1-2-11-27(12-3-1)45-38-20-9-8-16-32(38)33-22-21-26(25-39(33)45)28-23-24-36(30-14-5-4-13-29(28)30)42-43-37-19-10-18-34-31-15-6-7-17-35(31)41(44-42)40(34)37/h1-25H. The van der Waals surface area contributed by atoms with Crippen molar-refractivity contribution in [3.63, 3.8) is 0 Å². The molecule has 0 spiro atoms. The van der Waals surface area contributed by atoms with E-state index < -0.39 is 0 Å². The molecule has 208 valence electrons. The zero-order valence-corrected chi connectivity index (χ0v) is 24.3. The zero-order chi connectivity index (χ0) is 29.5. The first kappa shape index (κ1) is 24.4. The lowest BCUT2D eigenvalue weighted by Crippen LogP contribution is -1.95. The molecular weight excluding hydrogens is 546 g/mol. The number of rotatable bonds is 3. The Bertz CT molecular complexity index is 2650. The van der Waals surface area contributed by atoms with Crippen molar-refractivity contribution in [1.82, 2.24) is 14.5 Å². The second-order valence-electron chi connectivity index (χ2n) is 11.8. The molecule has 10 rings (SSSR count). The first-order valence-electron chi connectivity index (χ1n) is 15.4. The smallest absolute Gasteiger partial charge is 0.161 e. The van der Waals surface area contributed by atoms with Crippen LogP contribution in [0.15, 0.2) is 152 Å². The summed E-state index contributed by atoms with van der Waals surface area (Å²) in [7, 11) is 0. The molecule has 0 amide bonds. The van der Waals surface area contributed by atoms with Gasteiger partial charge < -0.3 is 4.57 Å². The Kier molecular flexibility index (Phi) is 5.00. The Morgan fingerprint density at radius 1 is 0.400 bits per heavy atom. The highest BCUT2D eigenvalue weighted by Gasteiger charge is 2.24. The fraction of sp³-hybridized carbons (Fsp3) is 0. The van der Waals surface area contributed by atoms with E-state index in [1.807, 2.05) is 0 Å². The van der Waals surface area contributed by atoms with Crippen LogP contribution in [0, 0.1) is 0 Å². The van der Waals surface area contributed by atoms with E-state index >= 15 is 0 Å². The SMILES string of the molecule is c1ccc(-n2c3ccccc3c3ccc(-c4ccc(-c5nc6c7c(cccc7n5)-c5ccccc5-6)c5ccccc45)cc32)cc1. The van der Waals surface area contributed by atoms with Crippen LogP contribution in [-0.2, 0) is 0 Å². The summed E-state index contributed by atoms with van der Waals surface area (Å²) in [5.41, 5.74) is 12.6. The van der Waals surface area contributed by atoms with Gasteiger partial charge in [0.15, 0.2) is 5.82 Å². The van der Waals surface area contributed by atoms with Gasteiger partial charge in [-0.15, -0.1) is 0 Å². The molecule has 2 heterocycles. The van der Waals surface area contributed by atoms with Crippen LogP contribution in [0.4, 0.5) is 0 Å². The van der Waals surface area contributed by atoms with Crippen molar-refractivity contribution in [3.8, 4) is 50.6 Å². The molecule has 0 bridgehead atoms. The summed E-state index contributed by atoms with van der Waals surface area (Å²) in [6.45, 7) is 0. The number of para-hydroxylation sites is 2. The highest BCUT2D eigenvalue weighted by atomic mass is 15.0. The van der Waals surface area contributed by atoms with E-state index in [1.165, 1.54) is 55.0 Å². The van der Waals surface area contributed by atoms with Gasteiger partial charge in [0.2, 0.25) is 0 Å². The summed E-state index contributed by atoms with van der Waals surface area (Å²) in [5.74, 6) is 0.758. The molecule has 0 fully saturated rings. The van der Waals surface area contributed by atoms with Gasteiger partial charge in [0.05, 0.1) is 22.2 Å². The quantitative estimate of drug-likeness (QED) is 0.211. The summed E-state index contributed by atoms with van der Waals surface area (Å²) in [6.07, 6.45) is 0. The second kappa shape index (κ2) is 9.22. The maximum atomic E-state index is 5.23. The van der Waals surface area contributed by atoms with E-state index in [1.54, 1.807) is 0 Å². The highest BCUT2D eigenvalue weighted by Crippen LogP contribution is 2.47. The summed E-state index contributed by atoms with van der Waals surface area (Å²) in [6, 6.07) is 54.2. The molecule has 3 nitrogen and oxygen atoms in total. The van der Waals surface area contributed by atoms with Crippen molar-refractivity contribution in [2.75, 3.05) is 0 Å². The molecular formula is C42H25N3. The van der Waals surface area contributed by atoms with Gasteiger partial charge in [0.25, 0.3) is 0 Å². The zero-order valence-electron chi connectivity index (χ0n) is 24.3. The summed E-state index contributed by atoms with van der Waals surface area (Å²) >= 11 is 0. The summed E-state index contributed by atoms with van der Waals surface area (Å²) < 4.78 is 2.38. The molecule has 9 aromatic rings. The topological polar surface area (TPSA) is 30.7 Å². The first-order chi connectivity index (χ1) is 22.3. The second-order valence-corrected chi connectivity index (χ2v) is 11.8. The molecule has 1 aliphatic carbocycles. The van der Waals surface area contributed by atoms with E-state index in [2.05, 4.69) is 156 Å². The van der Waals surface area contributed by atoms with Crippen LogP contribution in [0.3, 0.4) is 0 Å². The summed E-state index contributed by atoms with van der Waals surface area (Å²) in [4.78, 5) is 10.4. The van der Waals surface area contributed by atoms with Gasteiger partial charge in [-0.05, 0) is 69.4 Å². The molecule has 45 heavy (non-hydrogen) atoms. The molecule has 0 saturated heterocycles. The largest absolute Gasteiger partial charge is 0.309 e. The Morgan fingerprint density at radius 2 is 1.07 bits per heavy atom. The van der Waals surface area contributed by atoms with Crippen molar-refractivity contribution in [3.05, 3.63) is 152 Å². The number of hydrogen-bond donors (Lipinski definition) is 0. The van der Waals surface area contributed by atoms with Gasteiger partial charge in [0, 0.05) is 33.0 Å². The maximum absolute atomic E-state index is 5.23. The normalized spacial score (nSPS) is 12.0. The van der Waals surface area contributed by atoms with Crippen LogP contribution in [0.25, 0.3) is 94.1 Å². The minimum absolute atomic E-state index is 0.758. The third kappa shape index (κ3) is 3.46. The van der Waals surface area contributed by atoms with Crippen LogP contribution in [0.1, 0.15) is 0 Å². The lowest BCUT2D eigenvalue weighted by atomic mass is 9.94. The molecule has 2 aromatic heterocycles. The lowest BCUT2D eigenvalue weighted by molar-refractivity contribution is 1.18. The number of benzene rings is 7. The van der Waals surface area contributed by atoms with Gasteiger partial charge >= 0.3 is 0 Å². The molecule has 0 aliphatic heterocycles. The first-order valence-corrected chi connectivity index (χ1v) is 15.4. The molecule has 0 radical (unpaired) electrons. The number of hydrogen-bond acceptors (Lipinski definition) is 2. The van der Waals surface area contributed by atoms with E-state index in [0.29, 0.717) is 0 Å². The van der Waals surface area contributed by atoms with Crippen LogP contribution < -0.4 is 0 Å². The lowest BCUT2D eigenvalue weighted by Gasteiger charge is -2.13. The van der Waals surface area contributed by atoms with Crippen LogP contribution in [-0.4, -0.2) is 14.5 Å². The summed E-state index contributed by atoms with van der Waals surface area (Å²) in [5, 5.41) is 5.99. The van der Waals surface area contributed by atoms with Crippen LogP contribution in [0.5, 0.6) is 0 Å². The van der Waals surface area contributed by atoms with Crippen molar-refractivity contribution >= 4 is 43.5 Å². The van der Waals surface area contributed by atoms with Crippen molar-refractivity contribution in [2.45, 2.75) is 0 Å². The van der Waals surface area contributed by atoms with E-state index in [9.17, 15) is 0 Å². The third-order valence-electron chi connectivity index (χ3n) is 9.36. The average Bonchev–Trinajstić information content (AvgIpc) is 3.61. The van der Waals surface area contributed by atoms with Gasteiger partial charge in [-0.2, -0.15) is 0 Å². The third-order valence-corrected chi connectivity index (χ3v) is 9.36. The minimum atomic E-state index is 0.758. The predicted octanol–water partition coefficient (Wildman–Crippen LogP) is 10.9. The monoisotopic (exact) mass is 571 g/mol. The minimum Gasteiger partial charge on any atom is -0.309 e. The van der Waals surface area contributed by atoms with Gasteiger partial charge in [0.1, 0.15) is 0 Å². The predicted molar refractivity (Wildman–Crippen MR) is 187 cm³/mol. The molecule has 1 aliphatic rings. The van der Waals surface area contributed by atoms with Gasteiger partial charge in [-0.1, -0.05) is 115 Å². The molecule has 0 atom stereocenters. The van der Waals surface area contributed by atoms with Crippen molar-refractivity contribution in [1.29, 1.82) is 0 Å². The molecule has 3 heteroatoms. The van der Waals surface area contributed by atoms with E-state index in [4.69, 9.17) is 9.97 Å². The average molecular weight is 572 g/mol. The number of nitrogens with zero attached hydrogens (tertiary/aromatic N) is 3. The maximum Gasteiger partial charge on any atom is 0.161 e. The van der Waals surface area contributed by atoms with Gasteiger partial charge in [-0.25, -0.2) is 9.97 Å². The van der Waals surface area contributed by atoms with Gasteiger partial charge in [-0.3, -0.25) is 0 Å². The Balaban J connectivity index is 1.19. The molecule has 0 saturated carbocycles. The number of fused-ring (bicyclic) bond motifs is 7. The van der Waals surface area contributed by atoms with E-state index in [-0.39, 0.29) is 0 Å². The Labute approximate surface area is 259 Å². The Hall–Kier alpha value is -6.06. The molecule has 0 unspecified atom stereocenters. The fourth-order valence-corrected chi connectivity index (χ4v) is 7.39. The highest BCUT2D eigenvalue weighted by molar-refractivity contribution is 6.14. The van der Waals surface area contributed by atoms with E-state index in [0.717, 1.165) is 39.1 Å².